The van der Waals surface area contributed by atoms with Crippen molar-refractivity contribution in [2.45, 2.75) is 25.4 Å². The average Bonchev–Trinajstić information content (AvgIpc) is 2.76. The number of carboxylic acid groups (broad SMARTS) is 1. The average molecular weight is 490 g/mol. The van der Waals surface area contributed by atoms with E-state index in [1.807, 2.05) is 0 Å². The number of rotatable bonds is 10. The van der Waals surface area contributed by atoms with Crippen molar-refractivity contribution < 1.29 is 29.0 Å². The maximum absolute atomic E-state index is 12.4. The third-order valence-corrected chi connectivity index (χ3v) is 5.57. The van der Waals surface area contributed by atoms with Gasteiger partial charge in [-0.05, 0) is 37.1 Å². The Labute approximate surface area is 193 Å². The second kappa shape index (κ2) is 10.4. The number of amides is 1. The van der Waals surface area contributed by atoms with Gasteiger partial charge in [0.2, 0.25) is 5.95 Å². The van der Waals surface area contributed by atoms with Crippen molar-refractivity contribution in [1.29, 1.82) is 0 Å². The van der Waals surface area contributed by atoms with Crippen LogP contribution in [0.5, 0.6) is 0 Å². The second-order valence-corrected chi connectivity index (χ2v) is 9.10. The van der Waals surface area contributed by atoms with Crippen LogP contribution in [0.3, 0.4) is 0 Å². The smallest absolute Gasteiger partial charge is 0.326 e. The van der Waals surface area contributed by atoms with Gasteiger partial charge in [0.25, 0.3) is 5.91 Å². The van der Waals surface area contributed by atoms with Crippen LogP contribution in [0.4, 0.5) is 17.5 Å². The van der Waals surface area contributed by atoms with E-state index in [4.69, 9.17) is 21.3 Å². The molecule has 1 aromatic carbocycles. The van der Waals surface area contributed by atoms with E-state index >= 15 is 0 Å². The summed E-state index contributed by atoms with van der Waals surface area (Å²) in [6.45, 7) is 0.291. The first-order valence-corrected chi connectivity index (χ1v) is 11.8. The number of nitrogens with zero attached hydrogens (tertiary/aromatic N) is 4. The molecule has 3 rings (SSSR count). The second-order valence-electron chi connectivity index (χ2n) is 7.33. The third kappa shape index (κ3) is 6.81. The molecule has 0 radical (unpaired) electrons. The van der Waals surface area contributed by atoms with Crippen LogP contribution in [0.25, 0.3) is 11.2 Å². The summed E-state index contributed by atoms with van der Waals surface area (Å²) < 4.78 is 10.9. The Kier molecular flexibility index (Phi) is 7.56. The Morgan fingerprint density at radius 3 is 2.44 bits per heavy atom. The molecule has 1 atom stereocenters. The van der Waals surface area contributed by atoms with Crippen LogP contribution in [-0.2, 0) is 15.9 Å². The van der Waals surface area contributed by atoms with Crippen LogP contribution in [0, 0.1) is 0 Å². The van der Waals surface area contributed by atoms with Gasteiger partial charge in [-0.1, -0.05) is 0 Å². The Bertz CT molecular complexity index is 1250. The number of benzene rings is 1. The van der Waals surface area contributed by atoms with Crippen molar-refractivity contribution in [3.63, 3.8) is 0 Å². The number of carbonyl (C=O) groups is 2. The summed E-state index contributed by atoms with van der Waals surface area (Å²) in [7, 11) is -4.23. The van der Waals surface area contributed by atoms with Crippen molar-refractivity contribution in [2.24, 2.45) is 0 Å². The SMILES string of the molecule is Nc1nc(N)c2nc(CNc3ccc(C(=O)NC(CCCP(=O)(O)O)C(=O)O)cc3)cnc2n1. The molecule has 2 aromatic heterocycles. The van der Waals surface area contributed by atoms with Crippen LogP contribution in [0.1, 0.15) is 28.9 Å². The number of aliphatic carboxylic acids is 1. The number of carbonyl (C=O) groups excluding carboxylic acids is 1. The summed E-state index contributed by atoms with van der Waals surface area (Å²) >= 11 is 0. The fourth-order valence-electron chi connectivity index (χ4n) is 3.00. The highest BCUT2D eigenvalue weighted by atomic mass is 31.2. The molecule has 3 aromatic rings. The molecule has 180 valence electrons. The Morgan fingerprint density at radius 2 is 1.79 bits per heavy atom. The Morgan fingerprint density at radius 1 is 1.09 bits per heavy atom. The number of nitrogen functional groups attached to an aromatic ring is 2. The quantitative estimate of drug-likeness (QED) is 0.190. The van der Waals surface area contributed by atoms with E-state index in [0.717, 1.165) is 0 Å². The van der Waals surface area contributed by atoms with Gasteiger partial charge >= 0.3 is 13.6 Å². The first kappa shape index (κ1) is 24.8. The molecule has 0 saturated heterocycles. The van der Waals surface area contributed by atoms with Gasteiger partial charge in [-0.3, -0.25) is 9.36 Å². The Balaban J connectivity index is 1.58. The minimum Gasteiger partial charge on any atom is -0.480 e. The van der Waals surface area contributed by atoms with Gasteiger partial charge in [0.05, 0.1) is 18.4 Å². The number of nitrogens with one attached hydrogen (secondary N) is 2. The number of fused-ring (bicyclic) bond motifs is 1. The van der Waals surface area contributed by atoms with E-state index in [1.54, 1.807) is 12.1 Å². The lowest BCUT2D eigenvalue weighted by molar-refractivity contribution is -0.139. The highest BCUT2D eigenvalue weighted by Crippen LogP contribution is 2.35. The number of carboxylic acids is 1. The third-order valence-electron chi connectivity index (χ3n) is 4.67. The molecule has 34 heavy (non-hydrogen) atoms. The molecular weight excluding hydrogens is 467 g/mol. The van der Waals surface area contributed by atoms with Crippen LogP contribution in [0.2, 0.25) is 0 Å². The van der Waals surface area contributed by atoms with E-state index in [0.29, 0.717) is 23.4 Å². The summed E-state index contributed by atoms with van der Waals surface area (Å²) in [5.74, 6) is -1.79. The fourth-order valence-corrected chi connectivity index (χ4v) is 3.59. The monoisotopic (exact) mass is 490 g/mol. The van der Waals surface area contributed by atoms with E-state index in [2.05, 4.69) is 30.6 Å². The fraction of sp³-hybridized carbons (Fsp3) is 0.263. The number of hydrogen-bond acceptors (Lipinski definition) is 10. The zero-order valence-corrected chi connectivity index (χ0v) is 18.6. The number of nitrogens with two attached hydrogens (primary N) is 2. The lowest BCUT2D eigenvalue weighted by atomic mass is 10.1. The predicted octanol–water partition coefficient (Wildman–Crippen LogP) is 0.337. The summed E-state index contributed by atoms with van der Waals surface area (Å²) in [4.78, 5) is 57.9. The van der Waals surface area contributed by atoms with Gasteiger partial charge in [0.15, 0.2) is 17.0 Å². The van der Waals surface area contributed by atoms with Crippen LogP contribution in [-0.4, -0.2) is 58.9 Å². The van der Waals surface area contributed by atoms with Crippen molar-refractivity contribution >= 4 is 48.1 Å². The van der Waals surface area contributed by atoms with E-state index in [9.17, 15) is 19.3 Å². The van der Waals surface area contributed by atoms with Crippen LogP contribution in [0.15, 0.2) is 30.5 Å². The van der Waals surface area contributed by atoms with E-state index in [1.165, 1.54) is 18.3 Å². The minimum atomic E-state index is -4.23. The number of aromatic nitrogens is 4. The molecule has 2 heterocycles. The molecule has 14 nitrogen and oxygen atoms in total. The van der Waals surface area contributed by atoms with Crippen LogP contribution >= 0.6 is 7.60 Å². The molecule has 9 N–H and O–H groups in total. The normalized spacial score (nSPS) is 12.3. The molecule has 0 fully saturated rings. The highest BCUT2D eigenvalue weighted by Gasteiger charge is 2.22. The van der Waals surface area contributed by atoms with Gasteiger partial charge in [0.1, 0.15) is 6.04 Å². The van der Waals surface area contributed by atoms with Gasteiger partial charge in [-0.25, -0.2) is 14.8 Å². The van der Waals surface area contributed by atoms with Crippen LogP contribution < -0.4 is 22.1 Å². The predicted molar refractivity (Wildman–Crippen MR) is 123 cm³/mol. The highest BCUT2D eigenvalue weighted by molar-refractivity contribution is 7.51. The van der Waals surface area contributed by atoms with Gasteiger partial charge in [-0.2, -0.15) is 9.97 Å². The van der Waals surface area contributed by atoms with Gasteiger partial charge in [-0.15, -0.1) is 0 Å². The molecule has 0 spiro atoms. The van der Waals surface area contributed by atoms with Gasteiger partial charge < -0.3 is 37.0 Å². The molecule has 0 aliphatic carbocycles. The van der Waals surface area contributed by atoms with Crippen molar-refractivity contribution in [1.82, 2.24) is 25.3 Å². The maximum Gasteiger partial charge on any atom is 0.326 e. The first-order chi connectivity index (χ1) is 16.0. The molecule has 1 unspecified atom stereocenters. The topological polar surface area (TPSA) is 240 Å². The molecule has 15 heteroatoms. The molecular formula is C19H23N8O6P. The van der Waals surface area contributed by atoms with Crippen molar-refractivity contribution in [3.05, 3.63) is 41.7 Å². The zero-order valence-electron chi connectivity index (χ0n) is 17.7. The zero-order chi connectivity index (χ0) is 24.9. The number of hydrogen-bond donors (Lipinski definition) is 7. The van der Waals surface area contributed by atoms with Crippen molar-refractivity contribution in [2.75, 3.05) is 22.9 Å². The molecule has 0 saturated carbocycles. The Hall–Kier alpha value is -3.87. The largest absolute Gasteiger partial charge is 0.480 e. The molecule has 0 bridgehead atoms. The first-order valence-electron chi connectivity index (χ1n) is 9.98. The standard InChI is InChI=1S/C19H23N8O6P/c20-15-14-16(27-19(21)26-15)23-9-12(24-14)8-22-11-5-3-10(4-6-11)17(28)25-13(18(29)30)2-1-7-34(31,32)33/h3-6,9,13,22H,1-2,7-8H2,(H,25,28)(H,29,30)(H2,31,32,33)(H4,20,21,23,26,27). The summed E-state index contributed by atoms with van der Waals surface area (Å²) in [6, 6.07) is 5.01. The summed E-state index contributed by atoms with van der Waals surface area (Å²) in [5.41, 5.74) is 13.4. The summed E-state index contributed by atoms with van der Waals surface area (Å²) in [6.07, 6.45) is 0.901. The molecule has 0 aliphatic heterocycles. The maximum atomic E-state index is 12.4. The van der Waals surface area contributed by atoms with E-state index < -0.39 is 31.7 Å². The molecule has 1 amide bonds. The lowest BCUT2D eigenvalue weighted by Crippen LogP contribution is -2.40. The van der Waals surface area contributed by atoms with Crippen molar-refractivity contribution in [3.8, 4) is 0 Å². The minimum absolute atomic E-state index is 0.00474. The summed E-state index contributed by atoms with van der Waals surface area (Å²) in [5, 5.41) is 14.7. The number of anilines is 3. The molecule has 0 aliphatic rings. The van der Waals surface area contributed by atoms with Gasteiger partial charge in [0, 0.05) is 17.4 Å². The van der Waals surface area contributed by atoms with E-state index in [-0.39, 0.29) is 35.8 Å². The lowest BCUT2D eigenvalue weighted by Gasteiger charge is -2.15.